The highest BCUT2D eigenvalue weighted by Crippen LogP contribution is 2.34. The van der Waals surface area contributed by atoms with Gasteiger partial charge in [0.25, 0.3) is 5.91 Å². The maximum absolute atomic E-state index is 13.1. The van der Waals surface area contributed by atoms with Crippen molar-refractivity contribution >= 4 is 22.9 Å². The van der Waals surface area contributed by atoms with Gasteiger partial charge in [0.1, 0.15) is 10.7 Å². The number of carbonyl (C=O) groups is 1. The molecule has 0 aliphatic carbocycles. The zero-order valence-electron chi connectivity index (χ0n) is 14.5. The fourth-order valence-electron chi connectivity index (χ4n) is 3.65. The largest absolute Gasteiger partial charge is 0.330 e. The average Bonchev–Trinajstić information content (AvgIpc) is 3.46. The van der Waals surface area contributed by atoms with Crippen LogP contribution in [0.4, 0.5) is 0 Å². The third kappa shape index (κ3) is 2.80. The van der Waals surface area contributed by atoms with Crippen LogP contribution in [0.15, 0.2) is 60.4 Å². The van der Waals surface area contributed by atoms with Crippen molar-refractivity contribution in [3.63, 3.8) is 0 Å². The summed E-state index contributed by atoms with van der Waals surface area (Å²) in [6, 6.07) is 12.2. The first-order valence-electron chi connectivity index (χ1n) is 8.91. The van der Waals surface area contributed by atoms with Crippen LogP contribution in [0.1, 0.15) is 34.9 Å². The Labute approximate surface area is 160 Å². The van der Waals surface area contributed by atoms with Crippen molar-refractivity contribution in [2.24, 2.45) is 0 Å². The van der Waals surface area contributed by atoms with Gasteiger partial charge >= 0.3 is 0 Å². The number of hydrogen-bond donors (Lipinski definition) is 0. The molecule has 27 heavy (non-hydrogen) atoms. The third-order valence-electron chi connectivity index (χ3n) is 4.93. The lowest BCUT2D eigenvalue weighted by Gasteiger charge is -2.24. The van der Waals surface area contributed by atoms with Crippen molar-refractivity contribution in [1.29, 1.82) is 0 Å². The Bertz CT molecular complexity index is 1100. The summed E-state index contributed by atoms with van der Waals surface area (Å²) in [5.74, 6) is -0.00622. The Hall–Kier alpha value is -3.06. The van der Waals surface area contributed by atoms with Crippen molar-refractivity contribution in [2.45, 2.75) is 18.9 Å². The summed E-state index contributed by atoms with van der Waals surface area (Å²) in [5.41, 5.74) is 3.27. The van der Waals surface area contributed by atoms with Gasteiger partial charge in [-0.1, -0.05) is 30.3 Å². The van der Waals surface area contributed by atoms with Gasteiger partial charge < -0.3 is 4.90 Å². The molecule has 5 rings (SSSR count). The Morgan fingerprint density at radius 2 is 2.07 bits per heavy atom. The highest BCUT2D eigenvalue weighted by atomic mass is 32.1. The summed E-state index contributed by atoms with van der Waals surface area (Å²) in [7, 11) is 0. The van der Waals surface area contributed by atoms with E-state index in [-0.39, 0.29) is 11.9 Å². The van der Waals surface area contributed by atoms with Crippen molar-refractivity contribution in [2.75, 3.05) is 6.54 Å². The van der Waals surface area contributed by atoms with Gasteiger partial charge in [-0.15, -0.1) is 11.3 Å². The average molecular weight is 375 g/mol. The summed E-state index contributed by atoms with van der Waals surface area (Å²) >= 11 is 1.45. The van der Waals surface area contributed by atoms with Crippen molar-refractivity contribution in [3.05, 3.63) is 71.6 Å². The predicted octanol–water partition coefficient (Wildman–Crippen LogP) is 3.83. The molecule has 6 nitrogen and oxygen atoms in total. The zero-order valence-corrected chi connectivity index (χ0v) is 15.3. The highest BCUT2D eigenvalue weighted by molar-refractivity contribution is 7.13. The lowest BCUT2D eigenvalue weighted by molar-refractivity contribution is 0.0730. The van der Waals surface area contributed by atoms with Gasteiger partial charge in [-0.25, -0.2) is 14.5 Å². The van der Waals surface area contributed by atoms with Gasteiger partial charge in [-0.2, -0.15) is 5.10 Å². The molecule has 0 spiro atoms. The Morgan fingerprint density at radius 1 is 1.19 bits per heavy atom. The van der Waals surface area contributed by atoms with Crippen molar-refractivity contribution in [1.82, 2.24) is 24.5 Å². The molecule has 1 aromatic carbocycles. The van der Waals surface area contributed by atoms with E-state index in [1.54, 1.807) is 16.9 Å². The fourth-order valence-corrected chi connectivity index (χ4v) is 4.45. The maximum Gasteiger partial charge on any atom is 0.273 e. The number of aromatic nitrogens is 4. The first-order chi connectivity index (χ1) is 13.3. The highest BCUT2D eigenvalue weighted by Gasteiger charge is 2.31. The number of benzene rings is 1. The number of carbonyl (C=O) groups excluding carboxylic acids is 1. The molecule has 0 radical (unpaired) electrons. The van der Waals surface area contributed by atoms with Gasteiger partial charge in [0.15, 0.2) is 5.65 Å². The lowest BCUT2D eigenvalue weighted by Crippen LogP contribution is -2.30. The molecule has 0 saturated carbocycles. The van der Waals surface area contributed by atoms with E-state index in [2.05, 4.69) is 27.2 Å². The number of likely N-dealkylation sites (tertiary alicyclic amines) is 1. The molecular formula is C20H17N5OS. The predicted molar refractivity (Wildman–Crippen MR) is 104 cm³/mol. The van der Waals surface area contributed by atoms with E-state index < -0.39 is 0 Å². The second-order valence-electron chi connectivity index (χ2n) is 6.55. The van der Waals surface area contributed by atoms with Crippen LogP contribution < -0.4 is 0 Å². The van der Waals surface area contributed by atoms with Crippen LogP contribution in [0.5, 0.6) is 0 Å². The van der Waals surface area contributed by atoms with Crippen LogP contribution in [-0.4, -0.2) is 36.9 Å². The third-order valence-corrected chi connectivity index (χ3v) is 5.81. The number of hydrogen-bond acceptors (Lipinski definition) is 5. The number of thiazole rings is 1. The number of nitrogens with zero attached hydrogens (tertiary/aromatic N) is 5. The molecule has 0 bridgehead atoms. The molecule has 0 N–H and O–H groups in total. The monoisotopic (exact) mass is 375 g/mol. The minimum Gasteiger partial charge on any atom is -0.330 e. The molecule has 134 valence electrons. The van der Waals surface area contributed by atoms with Gasteiger partial charge in [-0.05, 0) is 24.5 Å². The second kappa shape index (κ2) is 6.59. The fraction of sp³-hybridized carbons (Fsp3) is 0.200. The number of rotatable bonds is 3. The molecule has 1 amide bonds. The molecule has 1 atom stereocenters. The summed E-state index contributed by atoms with van der Waals surface area (Å²) < 4.78 is 1.71. The lowest BCUT2D eigenvalue weighted by atomic mass is 10.0. The van der Waals surface area contributed by atoms with Gasteiger partial charge in [0.2, 0.25) is 0 Å². The molecule has 1 aliphatic rings. The summed E-state index contributed by atoms with van der Waals surface area (Å²) in [4.78, 5) is 24.0. The Morgan fingerprint density at radius 3 is 2.96 bits per heavy atom. The normalized spacial score (nSPS) is 16.9. The minimum atomic E-state index is -0.00622. The number of amides is 1. The van der Waals surface area contributed by atoms with Crippen LogP contribution in [-0.2, 0) is 0 Å². The van der Waals surface area contributed by atoms with Crippen LogP contribution in [0.2, 0.25) is 0 Å². The van der Waals surface area contributed by atoms with Crippen LogP contribution in [0.25, 0.3) is 16.2 Å². The zero-order chi connectivity index (χ0) is 18.2. The SMILES string of the molecule is O=C(c1csc(-c2cnn3cccnc23)n1)N1CCC[C@H]1c1ccccc1. The van der Waals surface area contributed by atoms with E-state index in [4.69, 9.17) is 0 Å². The van der Waals surface area contributed by atoms with Gasteiger partial charge in [0.05, 0.1) is 17.8 Å². The molecule has 1 saturated heterocycles. The molecular weight excluding hydrogens is 358 g/mol. The van der Waals surface area contributed by atoms with Gasteiger partial charge in [-0.3, -0.25) is 4.79 Å². The van der Waals surface area contributed by atoms with E-state index in [1.165, 1.54) is 16.9 Å². The molecule has 1 aliphatic heterocycles. The van der Waals surface area contributed by atoms with Crippen molar-refractivity contribution < 1.29 is 4.79 Å². The van der Waals surface area contributed by atoms with Crippen molar-refractivity contribution in [3.8, 4) is 10.6 Å². The summed E-state index contributed by atoms with van der Waals surface area (Å²) in [5, 5.41) is 6.91. The summed E-state index contributed by atoms with van der Waals surface area (Å²) in [6.07, 6.45) is 7.33. The van der Waals surface area contributed by atoms with E-state index in [9.17, 15) is 4.79 Å². The molecule has 4 aromatic rings. The van der Waals surface area contributed by atoms with Gasteiger partial charge in [0, 0.05) is 24.3 Å². The Balaban J connectivity index is 1.45. The molecule has 4 heterocycles. The number of fused-ring (bicyclic) bond motifs is 1. The van der Waals surface area contributed by atoms with E-state index in [0.29, 0.717) is 5.69 Å². The Kier molecular flexibility index (Phi) is 3.94. The molecule has 0 unspecified atom stereocenters. The van der Waals surface area contributed by atoms with Crippen LogP contribution in [0.3, 0.4) is 0 Å². The molecule has 1 fully saturated rings. The molecule has 3 aromatic heterocycles. The maximum atomic E-state index is 13.1. The smallest absolute Gasteiger partial charge is 0.273 e. The first kappa shape index (κ1) is 16.1. The minimum absolute atomic E-state index is 0.00622. The topological polar surface area (TPSA) is 63.4 Å². The first-order valence-corrected chi connectivity index (χ1v) is 9.79. The molecule has 7 heteroatoms. The van der Waals surface area contributed by atoms with E-state index in [0.717, 1.165) is 35.6 Å². The standard InChI is InChI=1S/C20H17N5OS/c26-20(24-10-4-8-17(24)14-6-2-1-3-7-14)16-13-27-19(23-16)15-12-22-25-11-5-9-21-18(15)25/h1-3,5-7,9,11-13,17H,4,8,10H2/t17-/m0/s1. The summed E-state index contributed by atoms with van der Waals surface area (Å²) in [6.45, 7) is 0.767. The van der Waals surface area contributed by atoms with Crippen LogP contribution >= 0.6 is 11.3 Å². The van der Waals surface area contributed by atoms with Crippen LogP contribution in [0, 0.1) is 0 Å². The van der Waals surface area contributed by atoms with E-state index in [1.807, 2.05) is 40.7 Å². The second-order valence-corrected chi connectivity index (χ2v) is 7.41. The quantitative estimate of drug-likeness (QED) is 0.546. The van der Waals surface area contributed by atoms with E-state index >= 15 is 0 Å².